The van der Waals surface area contributed by atoms with Gasteiger partial charge < -0.3 is 15.3 Å². The molecule has 3 heteroatoms. The molecule has 0 bridgehead atoms. The van der Waals surface area contributed by atoms with Gasteiger partial charge in [-0.3, -0.25) is 0 Å². The molecule has 2 N–H and O–H groups in total. The van der Waals surface area contributed by atoms with Gasteiger partial charge in [0.05, 0.1) is 6.61 Å². The Bertz CT molecular complexity index is 241. The number of aliphatic hydroxyl groups is 1. The minimum absolute atomic E-state index is 0.0833. The predicted molar refractivity (Wildman–Crippen MR) is 87.1 cm³/mol. The first-order valence-corrected chi connectivity index (χ1v) is 8.64. The Morgan fingerprint density at radius 3 is 2.55 bits per heavy atom. The molecule has 1 aliphatic rings. The second-order valence-corrected chi connectivity index (χ2v) is 7.02. The molecule has 0 radical (unpaired) electrons. The summed E-state index contributed by atoms with van der Waals surface area (Å²) in [6, 6.07) is 0. The van der Waals surface area contributed by atoms with Crippen molar-refractivity contribution in [2.45, 2.75) is 70.8 Å². The smallest absolute Gasteiger partial charge is 0.0610 e. The van der Waals surface area contributed by atoms with Crippen molar-refractivity contribution < 1.29 is 5.11 Å². The van der Waals surface area contributed by atoms with Gasteiger partial charge in [0.2, 0.25) is 0 Å². The molecule has 0 spiro atoms. The van der Waals surface area contributed by atoms with Crippen LogP contribution in [0.25, 0.3) is 0 Å². The Morgan fingerprint density at radius 1 is 1.25 bits per heavy atom. The van der Waals surface area contributed by atoms with Crippen LogP contribution in [0.1, 0.15) is 65.2 Å². The van der Waals surface area contributed by atoms with Crippen LogP contribution in [0, 0.1) is 5.92 Å². The van der Waals surface area contributed by atoms with E-state index in [4.69, 9.17) is 0 Å². The summed E-state index contributed by atoms with van der Waals surface area (Å²) in [7, 11) is 2.26. The second-order valence-electron chi connectivity index (χ2n) is 7.02. The van der Waals surface area contributed by atoms with Crippen LogP contribution in [0.4, 0.5) is 0 Å². The summed E-state index contributed by atoms with van der Waals surface area (Å²) in [4.78, 5) is 2.51. The van der Waals surface area contributed by atoms with Gasteiger partial charge in [-0.05, 0) is 65.1 Å². The Labute approximate surface area is 126 Å². The lowest BCUT2D eigenvalue weighted by Crippen LogP contribution is -2.46. The van der Waals surface area contributed by atoms with E-state index in [1.807, 2.05) is 0 Å². The van der Waals surface area contributed by atoms with E-state index >= 15 is 0 Å². The lowest BCUT2D eigenvalue weighted by molar-refractivity contribution is 0.161. The molecule has 0 aliphatic heterocycles. The molecule has 0 amide bonds. The number of hydrogen-bond donors (Lipinski definition) is 2. The van der Waals surface area contributed by atoms with E-state index < -0.39 is 0 Å². The molecule has 0 aromatic rings. The van der Waals surface area contributed by atoms with Crippen molar-refractivity contribution in [2.75, 3.05) is 33.3 Å². The maximum Gasteiger partial charge on any atom is 0.0610 e. The van der Waals surface area contributed by atoms with Crippen molar-refractivity contribution in [1.29, 1.82) is 0 Å². The first-order chi connectivity index (χ1) is 9.59. The average Bonchev–Trinajstić information content (AvgIpc) is 2.94. The molecule has 0 aromatic heterocycles. The summed E-state index contributed by atoms with van der Waals surface area (Å²) in [5.74, 6) is 0.953. The lowest BCUT2D eigenvalue weighted by Gasteiger charge is -2.29. The third kappa shape index (κ3) is 7.05. The van der Waals surface area contributed by atoms with E-state index in [0.29, 0.717) is 0 Å². The molecule has 1 atom stereocenters. The highest BCUT2D eigenvalue weighted by atomic mass is 16.3. The number of nitrogens with one attached hydrogen (secondary N) is 1. The van der Waals surface area contributed by atoms with Crippen molar-refractivity contribution in [3.8, 4) is 0 Å². The van der Waals surface area contributed by atoms with Gasteiger partial charge >= 0.3 is 0 Å². The zero-order valence-corrected chi connectivity index (χ0v) is 14.0. The Hall–Kier alpha value is -0.120. The molecule has 120 valence electrons. The van der Waals surface area contributed by atoms with Crippen LogP contribution in [-0.4, -0.2) is 48.8 Å². The summed E-state index contributed by atoms with van der Waals surface area (Å²) < 4.78 is 0. The summed E-state index contributed by atoms with van der Waals surface area (Å²) in [6.07, 6.45) is 10.4. The first-order valence-electron chi connectivity index (χ1n) is 8.64. The molecule has 1 aliphatic carbocycles. The van der Waals surface area contributed by atoms with Crippen molar-refractivity contribution in [3.63, 3.8) is 0 Å². The van der Waals surface area contributed by atoms with Crippen LogP contribution in [0.15, 0.2) is 0 Å². The topological polar surface area (TPSA) is 35.5 Å². The highest BCUT2D eigenvalue weighted by Gasteiger charge is 2.21. The Balaban J connectivity index is 2.09. The summed E-state index contributed by atoms with van der Waals surface area (Å²) in [5.41, 5.74) is -0.0833. The highest BCUT2D eigenvalue weighted by Crippen LogP contribution is 2.25. The van der Waals surface area contributed by atoms with Crippen LogP contribution in [0.3, 0.4) is 0 Å². The number of rotatable bonds is 11. The maximum atomic E-state index is 9.54. The number of nitrogens with zero attached hydrogens (tertiary/aromatic N) is 1. The molecule has 1 fully saturated rings. The van der Waals surface area contributed by atoms with E-state index in [9.17, 15) is 5.11 Å². The van der Waals surface area contributed by atoms with Crippen LogP contribution in [0.2, 0.25) is 0 Å². The largest absolute Gasteiger partial charge is 0.394 e. The van der Waals surface area contributed by atoms with E-state index in [1.54, 1.807) is 0 Å². The van der Waals surface area contributed by atoms with Crippen molar-refractivity contribution in [1.82, 2.24) is 10.2 Å². The normalized spacial score (nSPS) is 19.6. The quantitative estimate of drug-likeness (QED) is 0.573. The fourth-order valence-electron chi connectivity index (χ4n) is 3.27. The molecule has 1 rings (SSSR count). The number of aliphatic hydroxyl groups excluding tert-OH is 1. The standard InChI is InChI=1S/C17H36N2O/c1-4-12-18-17(2,15-20)11-7-8-13-19(3)14-16-9-5-6-10-16/h16,18,20H,4-15H2,1-3H3. The molecule has 20 heavy (non-hydrogen) atoms. The van der Waals surface area contributed by atoms with Crippen LogP contribution in [-0.2, 0) is 0 Å². The zero-order valence-electron chi connectivity index (χ0n) is 14.0. The van der Waals surface area contributed by atoms with E-state index in [1.165, 1.54) is 51.6 Å². The van der Waals surface area contributed by atoms with Crippen LogP contribution in [0.5, 0.6) is 0 Å². The Kier molecular flexibility index (Phi) is 8.74. The minimum atomic E-state index is -0.0833. The van der Waals surface area contributed by atoms with Gasteiger partial charge in [0.25, 0.3) is 0 Å². The molecule has 0 heterocycles. The van der Waals surface area contributed by atoms with Gasteiger partial charge in [-0.25, -0.2) is 0 Å². The fraction of sp³-hybridized carbons (Fsp3) is 1.00. The monoisotopic (exact) mass is 284 g/mol. The van der Waals surface area contributed by atoms with E-state index in [0.717, 1.165) is 25.3 Å². The fourth-order valence-corrected chi connectivity index (χ4v) is 3.27. The van der Waals surface area contributed by atoms with E-state index in [2.05, 4.69) is 31.1 Å². The van der Waals surface area contributed by atoms with E-state index in [-0.39, 0.29) is 12.1 Å². The van der Waals surface area contributed by atoms with Gasteiger partial charge in [-0.2, -0.15) is 0 Å². The highest BCUT2D eigenvalue weighted by molar-refractivity contribution is 4.82. The van der Waals surface area contributed by atoms with Gasteiger partial charge in [-0.15, -0.1) is 0 Å². The predicted octanol–water partition coefficient (Wildman–Crippen LogP) is 3.03. The molecule has 1 unspecified atom stereocenters. The number of hydrogen-bond acceptors (Lipinski definition) is 3. The van der Waals surface area contributed by atoms with Crippen LogP contribution >= 0.6 is 0 Å². The maximum absolute atomic E-state index is 9.54. The molecule has 0 saturated heterocycles. The third-order valence-corrected chi connectivity index (χ3v) is 4.71. The van der Waals surface area contributed by atoms with Gasteiger partial charge in [0.15, 0.2) is 0 Å². The van der Waals surface area contributed by atoms with Crippen molar-refractivity contribution in [3.05, 3.63) is 0 Å². The minimum Gasteiger partial charge on any atom is -0.394 e. The van der Waals surface area contributed by atoms with Crippen LogP contribution < -0.4 is 5.32 Å². The molecule has 0 aromatic carbocycles. The zero-order chi connectivity index (χ0) is 14.8. The molecule has 1 saturated carbocycles. The second kappa shape index (κ2) is 9.75. The Morgan fingerprint density at radius 2 is 1.95 bits per heavy atom. The van der Waals surface area contributed by atoms with Crippen molar-refractivity contribution >= 4 is 0 Å². The summed E-state index contributed by atoms with van der Waals surface area (Å²) >= 11 is 0. The summed E-state index contributed by atoms with van der Waals surface area (Å²) in [5, 5.41) is 13.0. The molecule has 3 nitrogen and oxygen atoms in total. The average molecular weight is 284 g/mol. The third-order valence-electron chi connectivity index (χ3n) is 4.71. The molecular formula is C17H36N2O. The van der Waals surface area contributed by atoms with Crippen molar-refractivity contribution in [2.24, 2.45) is 5.92 Å². The van der Waals surface area contributed by atoms with Gasteiger partial charge in [-0.1, -0.05) is 26.2 Å². The lowest BCUT2D eigenvalue weighted by atomic mass is 9.95. The van der Waals surface area contributed by atoms with Gasteiger partial charge in [0, 0.05) is 12.1 Å². The first kappa shape index (κ1) is 17.9. The number of unbranched alkanes of at least 4 members (excludes halogenated alkanes) is 1. The van der Waals surface area contributed by atoms with Gasteiger partial charge in [0.1, 0.15) is 0 Å². The molecular weight excluding hydrogens is 248 g/mol. The SMILES string of the molecule is CCCNC(C)(CO)CCCCN(C)CC1CCCC1. The summed E-state index contributed by atoms with van der Waals surface area (Å²) in [6.45, 7) is 8.04.